The topological polar surface area (TPSA) is 77.1 Å². The summed E-state index contributed by atoms with van der Waals surface area (Å²) in [6.45, 7) is 4.37. The number of hydrogen-bond acceptors (Lipinski definition) is 5. The molecule has 1 aromatic carbocycles. The summed E-state index contributed by atoms with van der Waals surface area (Å²) >= 11 is 1.58. The molecule has 0 aliphatic rings. The second-order valence-electron chi connectivity index (χ2n) is 5.86. The standard InChI is InChI=1S/C17H18N6OS/c1-4-14-20-23-13(10(2)19-17(23)25-14)9-18-16(24)15-11-7-5-6-8-12(11)22(3)21-15/h5-8H,4,9H2,1-3H3,(H,18,24). The van der Waals surface area contributed by atoms with Crippen LogP contribution in [0.25, 0.3) is 15.9 Å². The fourth-order valence-electron chi connectivity index (χ4n) is 2.91. The van der Waals surface area contributed by atoms with Gasteiger partial charge in [0.2, 0.25) is 4.96 Å². The Hall–Kier alpha value is -2.74. The first-order valence-electron chi connectivity index (χ1n) is 8.12. The van der Waals surface area contributed by atoms with Crippen LogP contribution in [0.1, 0.15) is 33.8 Å². The van der Waals surface area contributed by atoms with E-state index in [1.54, 1.807) is 16.0 Å². The van der Waals surface area contributed by atoms with Crippen LogP contribution in [0.15, 0.2) is 24.3 Å². The normalized spacial score (nSPS) is 11.5. The highest BCUT2D eigenvalue weighted by atomic mass is 32.1. The van der Waals surface area contributed by atoms with Crippen LogP contribution in [-0.2, 0) is 20.0 Å². The average molecular weight is 354 g/mol. The van der Waals surface area contributed by atoms with E-state index in [2.05, 4.69) is 27.4 Å². The zero-order valence-electron chi connectivity index (χ0n) is 14.3. The Kier molecular flexibility index (Phi) is 3.76. The van der Waals surface area contributed by atoms with Gasteiger partial charge in [-0.2, -0.15) is 10.2 Å². The van der Waals surface area contributed by atoms with Gasteiger partial charge in [0.05, 0.1) is 23.4 Å². The van der Waals surface area contributed by atoms with Crippen LogP contribution in [0.3, 0.4) is 0 Å². The Morgan fingerprint density at radius 2 is 2.08 bits per heavy atom. The molecule has 0 radical (unpaired) electrons. The Morgan fingerprint density at radius 3 is 2.88 bits per heavy atom. The fourth-order valence-corrected chi connectivity index (χ4v) is 3.80. The summed E-state index contributed by atoms with van der Waals surface area (Å²) in [6, 6.07) is 7.71. The van der Waals surface area contributed by atoms with Crippen molar-refractivity contribution < 1.29 is 4.79 Å². The summed E-state index contributed by atoms with van der Waals surface area (Å²) in [4.78, 5) is 18.0. The number of imidazole rings is 1. The van der Waals surface area contributed by atoms with Gasteiger partial charge in [0.15, 0.2) is 5.69 Å². The number of amides is 1. The van der Waals surface area contributed by atoms with Crippen molar-refractivity contribution in [3.05, 3.63) is 46.4 Å². The highest BCUT2D eigenvalue weighted by Gasteiger charge is 2.18. The summed E-state index contributed by atoms with van der Waals surface area (Å²) in [5.41, 5.74) is 3.15. The number of carbonyl (C=O) groups is 1. The maximum absolute atomic E-state index is 12.6. The average Bonchev–Trinajstić information content (AvgIpc) is 3.24. The second-order valence-corrected chi connectivity index (χ2v) is 6.90. The van der Waals surface area contributed by atoms with E-state index in [9.17, 15) is 4.79 Å². The molecular weight excluding hydrogens is 336 g/mol. The summed E-state index contributed by atoms with van der Waals surface area (Å²) in [5.74, 6) is -0.197. The van der Waals surface area contributed by atoms with Gasteiger partial charge < -0.3 is 5.32 Å². The lowest BCUT2D eigenvalue weighted by Gasteiger charge is -2.03. The lowest BCUT2D eigenvalue weighted by molar-refractivity contribution is 0.0946. The maximum Gasteiger partial charge on any atom is 0.272 e. The summed E-state index contributed by atoms with van der Waals surface area (Å²) in [6.07, 6.45) is 0.874. The highest BCUT2D eigenvalue weighted by Crippen LogP contribution is 2.20. The van der Waals surface area contributed by atoms with Crippen LogP contribution < -0.4 is 5.32 Å². The Balaban J connectivity index is 1.61. The molecule has 7 nitrogen and oxygen atoms in total. The molecule has 128 valence electrons. The Labute approximate surface area is 148 Å². The first kappa shape index (κ1) is 15.8. The van der Waals surface area contributed by atoms with Gasteiger partial charge in [-0.1, -0.05) is 36.5 Å². The van der Waals surface area contributed by atoms with E-state index in [1.807, 2.05) is 42.8 Å². The molecule has 3 aromatic heterocycles. The van der Waals surface area contributed by atoms with Gasteiger partial charge in [0.1, 0.15) is 5.01 Å². The molecule has 25 heavy (non-hydrogen) atoms. The van der Waals surface area contributed by atoms with Gasteiger partial charge >= 0.3 is 0 Å². The third kappa shape index (κ3) is 2.58. The Bertz CT molecular complexity index is 1090. The van der Waals surface area contributed by atoms with Crippen molar-refractivity contribution in [1.82, 2.24) is 29.7 Å². The number of aromatic nitrogens is 5. The number of nitrogens with one attached hydrogen (secondary N) is 1. The molecule has 0 bridgehead atoms. The fraction of sp³-hybridized carbons (Fsp3) is 0.294. The lowest BCUT2D eigenvalue weighted by Crippen LogP contribution is -2.24. The maximum atomic E-state index is 12.6. The quantitative estimate of drug-likeness (QED) is 0.611. The molecule has 1 N–H and O–H groups in total. The van der Waals surface area contributed by atoms with Crippen LogP contribution in [0.2, 0.25) is 0 Å². The van der Waals surface area contributed by atoms with Crippen molar-refractivity contribution in [1.29, 1.82) is 0 Å². The summed E-state index contributed by atoms with van der Waals surface area (Å²) in [5, 5.41) is 13.8. The van der Waals surface area contributed by atoms with Gasteiger partial charge in [-0.05, 0) is 19.4 Å². The van der Waals surface area contributed by atoms with Gasteiger partial charge in [-0.3, -0.25) is 9.48 Å². The van der Waals surface area contributed by atoms with Crippen molar-refractivity contribution in [3.63, 3.8) is 0 Å². The molecule has 3 heterocycles. The van der Waals surface area contributed by atoms with E-state index >= 15 is 0 Å². The zero-order chi connectivity index (χ0) is 17.6. The minimum absolute atomic E-state index is 0.197. The molecule has 4 aromatic rings. The third-order valence-electron chi connectivity index (χ3n) is 4.23. The molecule has 0 atom stereocenters. The van der Waals surface area contributed by atoms with E-state index in [1.165, 1.54) is 0 Å². The molecule has 0 fully saturated rings. The predicted octanol–water partition coefficient (Wildman–Crippen LogP) is 2.48. The molecule has 8 heteroatoms. The first-order chi connectivity index (χ1) is 12.1. The largest absolute Gasteiger partial charge is 0.345 e. The van der Waals surface area contributed by atoms with Gasteiger partial charge in [-0.25, -0.2) is 9.50 Å². The van der Waals surface area contributed by atoms with E-state index in [0.717, 1.165) is 38.7 Å². The molecule has 4 rings (SSSR count). The zero-order valence-corrected chi connectivity index (χ0v) is 15.1. The molecule has 0 unspecified atom stereocenters. The van der Waals surface area contributed by atoms with Crippen molar-refractivity contribution in [3.8, 4) is 0 Å². The number of hydrogen-bond donors (Lipinski definition) is 1. The van der Waals surface area contributed by atoms with Crippen LogP contribution in [-0.4, -0.2) is 30.3 Å². The number of nitrogens with zero attached hydrogens (tertiary/aromatic N) is 5. The number of fused-ring (bicyclic) bond motifs is 2. The summed E-state index contributed by atoms with van der Waals surface area (Å²) in [7, 11) is 1.84. The molecule has 0 saturated carbocycles. The van der Waals surface area contributed by atoms with Crippen molar-refractivity contribution in [2.45, 2.75) is 26.8 Å². The minimum atomic E-state index is -0.197. The van der Waals surface area contributed by atoms with Gasteiger partial charge in [-0.15, -0.1) is 0 Å². The highest BCUT2D eigenvalue weighted by molar-refractivity contribution is 7.16. The molecule has 0 aliphatic heterocycles. The number of benzene rings is 1. The third-order valence-corrected chi connectivity index (χ3v) is 5.28. The van der Waals surface area contributed by atoms with Crippen LogP contribution >= 0.6 is 11.3 Å². The molecular formula is C17H18N6OS. The molecule has 1 amide bonds. The van der Waals surface area contributed by atoms with Crippen molar-refractivity contribution in [2.75, 3.05) is 0 Å². The van der Waals surface area contributed by atoms with E-state index in [4.69, 9.17) is 0 Å². The van der Waals surface area contributed by atoms with Crippen molar-refractivity contribution >= 4 is 33.1 Å². The predicted molar refractivity (Wildman–Crippen MR) is 96.9 cm³/mol. The van der Waals surface area contributed by atoms with Crippen molar-refractivity contribution in [2.24, 2.45) is 7.05 Å². The number of rotatable bonds is 4. The number of para-hydroxylation sites is 1. The first-order valence-corrected chi connectivity index (χ1v) is 8.94. The minimum Gasteiger partial charge on any atom is -0.345 e. The van der Waals surface area contributed by atoms with E-state index in [0.29, 0.717) is 12.2 Å². The van der Waals surface area contributed by atoms with Crippen LogP contribution in [0.5, 0.6) is 0 Å². The van der Waals surface area contributed by atoms with E-state index in [-0.39, 0.29) is 5.91 Å². The van der Waals surface area contributed by atoms with E-state index < -0.39 is 0 Å². The second kappa shape index (κ2) is 5.96. The van der Waals surface area contributed by atoms with Gasteiger partial charge in [0.25, 0.3) is 5.91 Å². The number of aryl methyl sites for hydroxylation is 3. The lowest BCUT2D eigenvalue weighted by atomic mass is 10.2. The molecule has 0 aliphatic carbocycles. The molecule has 0 spiro atoms. The smallest absolute Gasteiger partial charge is 0.272 e. The van der Waals surface area contributed by atoms with Crippen LogP contribution in [0, 0.1) is 6.92 Å². The monoisotopic (exact) mass is 354 g/mol. The van der Waals surface area contributed by atoms with Gasteiger partial charge in [0, 0.05) is 12.4 Å². The number of carbonyl (C=O) groups excluding carboxylic acids is 1. The summed E-state index contributed by atoms with van der Waals surface area (Å²) < 4.78 is 3.55. The Morgan fingerprint density at radius 1 is 1.28 bits per heavy atom. The molecule has 0 saturated heterocycles. The van der Waals surface area contributed by atoms with Crippen LogP contribution in [0.4, 0.5) is 0 Å². The SMILES string of the molecule is CCc1nn2c(CNC(=O)c3nn(C)c4ccccc34)c(C)nc2s1.